The Hall–Kier alpha value is -3.13. The number of carboxylic acid groups (broad SMARTS) is 1. The van der Waals surface area contributed by atoms with Gasteiger partial charge in [0.25, 0.3) is 10.0 Å². The highest BCUT2D eigenvalue weighted by Gasteiger charge is 2.24. The summed E-state index contributed by atoms with van der Waals surface area (Å²) in [6.07, 6.45) is 0.456. The predicted molar refractivity (Wildman–Crippen MR) is 107 cm³/mol. The highest BCUT2D eigenvalue weighted by atomic mass is 32.2. The topological polar surface area (TPSA) is 101 Å². The SMILES string of the molecule is CCc1ccc(C(=O)O)cc1S(=O)(=O)Nc1c(C)nn(-c2ccccc2)c1C. The Labute approximate surface area is 163 Å². The van der Waals surface area contributed by atoms with Gasteiger partial charge in [0.2, 0.25) is 0 Å². The molecule has 0 bridgehead atoms. The minimum absolute atomic E-state index is 0.0406. The van der Waals surface area contributed by atoms with Gasteiger partial charge < -0.3 is 5.11 Å². The molecule has 1 heterocycles. The van der Waals surface area contributed by atoms with Gasteiger partial charge in [-0.2, -0.15) is 5.10 Å². The fourth-order valence-electron chi connectivity index (χ4n) is 3.03. The molecule has 3 rings (SSSR count). The normalized spacial score (nSPS) is 11.4. The third-order valence-electron chi connectivity index (χ3n) is 4.51. The summed E-state index contributed by atoms with van der Waals surface area (Å²) in [5.41, 5.74) is 2.83. The Balaban J connectivity index is 2.06. The molecule has 2 N–H and O–H groups in total. The fraction of sp³-hybridized carbons (Fsp3) is 0.200. The molecule has 28 heavy (non-hydrogen) atoms. The molecule has 0 aliphatic carbocycles. The van der Waals surface area contributed by atoms with Crippen molar-refractivity contribution in [1.29, 1.82) is 0 Å². The summed E-state index contributed by atoms with van der Waals surface area (Å²) in [7, 11) is -3.99. The lowest BCUT2D eigenvalue weighted by atomic mass is 10.1. The van der Waals surface area contributed by atoms with E-state index < -0.39 is 16.0 Å². The van der Waals surface area contributed by atoms with E-state index >= 15 is 0 Å². The van der Waals surface area contributed by atoms with Crippen molar-refractivity contribution in [3.63, 3.8) is 0 Å². The number of carboxylic acids is 1. The molecule has 0 radical (unpaired) electrons. The number of sulfonamides is 1. The van der Waals surface area contributed by atoms with E-state index in [9.17, 15) is 18.3 Å². The number of hydrogen-bond donors (Lipinski definition) is 2. The monoisotopic (exact) mass is 399 g/mol. The number of nitrogens with zero attached hydrogens (tertiary/aromatic N) is 2. The second-order valence-electron chi connectivity index (χ2n) is 6.38. The van der Waals surface area contributed by atoms with Gasteiger partial charge in [0.1, 0.15) is 0 Å². The minimum Gasteiger partial charge on any atom is -0.478 e. The molecule has 3 aromatic rings. The summed E-state index contributed by atoms with van der Waals surface area (Å²) < 4.78 is 30.4. The van der Waals surface area contributed by atoms with Gasteiger partial charge in [-0.05, 0) is 50.1 Å². The number of aromatic nitrogens is 2. The zero-order valence-electron chi connectivity index (χ0n) is 15.8. The van der Waals surface area contributed by atoms with Crippen molar-refractivity contribution in [2.75, 3.05) is 4.72 Å². The van der Waals surface area contributed by atoms with Crippen molar-refractivity contribution >= 4 is 21.7 Å². The summed E-state index contributed by atoms with van der Waals surface area (Å²) in [4.78, 5) is 11.2. The zero-order valence-corrected chi connectivity index (χ0v) is 16.6. The quantitative estimate of drug-likeness (QED) is 0.660. The van der Waals surface area contributed by atoms with Crippen LogP contribution in [0.4, 0.5) is 5.69 Å². The van der Waals surface area contributed by atoms with E-state index in [0.717, 1.165) is 5.69 Å². The molecular weight excluding hydrogens is 378 g/mol. The molecule has 0 spiro atoms. The molecule has 0 aliphatic heterocycles. The van der Waals surface area contributed by atoms with Crippen LogP contribution in [0, 0.1) is 13.8 Å². The summed E-state index contributed by atoms with van der Waals surface area (Å²) in [5.74, 6) is -1.18. The molecule has 146 valence electrons. The standard InChI is InChI=1S/C20H21N3O4S/c1-4-15-10-11-16(20(24)25)12-18(15)28(26,27)22-19-13(2)21-23(14(19)3)17-8-6-5-7-9-17/h5-12,22H,4H2,1-3H3,(H,24,25). The molecule has 7 nitrogen and oxygen atoms in total. The van der Waals surface area contributed by atoms with E-state index in [2.05, 4.69) is 9.82 Å². The minimum atomic E-state index is -3.99. The van der Waals surface area contributed by atoms with Crippen LogP contribution in [-0.2, 0) is 16.4 Å². The van der Waals surface area contributed by atoms with E-state index in [1.54, 1.807) is 18.5 Å². The van der Waals surface area contributed by atoms with Crippen LogP contribution in [0.1, 0.15) is 34.2 Å². The van der Waals surface area contributed by atoms with E-state index in [-0.39, 0.29) is 10.5 Å². The molecule has 0 unspecified atom stereocenters. The lowest BCUT2D eigenvalue weighted by Crippen LogP contribution is -2.17. The zero-order chi connectivity index (χ0) is 20.5. The van der Waals surface area contributed by atoms with Gasteiger partial charge in [-0.1, -0.05) is 31.2 Å². The third-order valence-corrected chi connectivity index (χ3v) is 5.94. The number of nitrogens with one attached hydrogen (secondary N) is 1. The lowest BCUT2D eigenvalue weighted by molar-refractivity contribution is 0.0696. The maximum absolute atomic E-state index is 13.1. The summed E-state index contributed by atoms with van der Waals surface area (Å²) in [6.45, 7) is 5.32. The van der Waals surface area contributed by atoms with Crippen molar-refractivity contribution < 1.29 is 18.3 Å². The second kappa shape index (κ2) is 7.47. The first-order valence-corrected chi connectivity index (χ1v) is 10.2. The van der Waals surface area contributed by atoms with Crippen LogP contribution >= 0.6 is 0 Å². The van der Waals surface area contributed by atoms with Gasteiger partial charge in [0, 0.05) is 0 Å². The second-order valence-corrected chi connectivity index (χ2v) is 8.03. The van der Waals surface area contributed by atoms with E-state index in [0.29, 0.717) is 29.1 Å². The maximum Gasteiger partial charge on any atom is 0.335 e. The Morgan fingerprint density at radius 1 is 1.14 bits per heavy atom. The van der Waals surface area contributed by atoms with Crippen LogP contribution in [0.25, 0.3) is 5.69 Å². The molecule has 1 aromatic heterocycles. The fourth-order valence-corrected chi connectivity index (χ4v) is 4.54. The average Bonchev–Trinajstić information content (AvgIpc) is 2.96. The molecule has 0 atom stereocenters. The van der Waals surface area contributed by atoms with Crippen LogP contribution in [0.5, 0.6) is 0 Å². The van der Waals surface area contributed by atoms with E-state index in [1.165, 1.54) is 18.2 Å². The Bertz CT molecular complexity index is 1140. The van der Waals surface area contributed by atoms with Crippen LogP contribution in [0.15, 0.2) is 53.4 Å². The number of rotatable bonds is 6. The van der Waals surface area contributed by atoms with Crippen molar-refractivity contribution in [2.45, 2.75) is 32.1 Å². The number of benzene rings is 2. The van der Waals surface area contributed by atoms with Crippen LogP contribution < -0.4 is 4.72 Å². The number of para-hydroxylation sites is 1. The first-order chi connectivity index (χ1) is 13.2. The van der Waals surface area contributed by atoms with Gasteiger partial charge >= 0.3 is 5.97 Å². The van der Waals surface area contributed by atoms with Gasteiger partial charge in [-0.15, -0.1) is 0 Å². The molecule has 0 aliphatic rings. The number of aryl methyl sites for hydroxylation is 2. The third kappa shape index (κ3) is 3.63. The molecular formula is C20H21N3O4S. The molecule has 0 saturated carbocycles. The van der Waals surface area contributed by atoms with Crippen molar-refractivity contribution in [1.82, 2.24) is 9.78 Å². The van der Waals surface area contributed by atoms with Gasteiger partial charge in [0.15, 0.2) is 0 Å². The molecule has 0 amide bonds. The smallest absolute Gasteiger partial charge is 0.335 e. The van der Waals surface area contributed by atoms with E-state index in [1.807, 2.05) is 37.3 Å². The van der Waals surface area contributed by atoms with Crippen LogP contribution in [0.2, 0.25) is 0 Å². The number of anilines is 1. The number of carbonyl (C=O) groups is 1. The predicted octanol–water partition coefficient (Wildman–Crippen LogP) is 3.55. The lowest BCUT2D eigenvalue weighted by Gasteiger charge is -2.13. The average molecular weight is 399 g/mol. The molecule has 2 aromatic carbocycles. The van der Waals surface area contributed by atoms with Crippen molar-refractivity contribution in [3.8, 4) is 5.69 Å². The Morgan fingerprint density at radius 2 is 1.82 bits per heavy atom. The maximum atomic E-state index is 13.1. The largest absolute Gasteiger partial charge is 0.478 e. The van der Waals surface area contributed by atoms with Crippen LogP contribution in [0.3, 0.4) is 0 Å². The van der Waals surface area contributed by atoms with Gasteiger partial charge in [-0.3, -0.25) is 4.72 Å². The number of aromatic carboxylic acids is 1. The first-order valence-electron chi connectivity index (χ1n) is 8.75. The van der Waals surface area contributed by atoms with Crippen LogP contribution in [-0.4, -0.2) is 29.3 Å². The van der Waals surface area contributed by atoms with Gasteiger partial charge in [0.05, 0.1) is 33.2 Å². The van der Waals surface area contributed by atoms with Crippen molar-refractivity contribution in [2.24, 2.45) is 0 Å². The first kappa shape index (κ1) is 19.6. The Morgan fingerprint density at radius 3 is 2.43 bits per heavy atom. The Kier molecular flexibility index (Phi) is 5.24. The summed E-state index contributed by atoms with van der Waals surface area (Å²) in [5, 5.41) is 13.7. The van der Waals surface area contributed by atoms with E-state index in [4.69, 9.17) is 0 Å². The number of hydrogen-bond acceptors (Lipinski definition) is 4. The van der Waals surface area contributed by atoms with Crippen molar-refractivity contribution in [3.05, 3.63) is 71.0 Å². The summed E-state index contributed by atoms with van der Waals surface area (Å²) in [6, 6.07) is 13.5. The highest BCUT2D eigenvalue weighted by Crippen LogP contribution is 2.27. The molecule has 0 fully saturated rings. The van der Waals surface area contributed by atoms with Gasteiger partial charge in [-0.25, -0.2) is 17.9 Å². The molecule has 0 saturated heterocycles. The molecule has 8 heteroatoms. The summed E-state index contributed by atoms with van der Waals surface area (Å²) >= 11 is 0. The highest BCUT2D eigenvalue weighted by molar-refractivity contribution is 7.92.